The van der Waals surface area contributed by atoms with Crippen LogP contribution in [0.5, 0.6) is 5.75 Å². The molecule has 1 aliphatic heterocycles. The second-order valence-corrected chi connectivity index (χ2v) is 6.22. The third-order valence-electron chi connectivity index (χ3n) is 3.63. The number of nitrogens with one attached hydrogen (secondary N) is 2. The highest BCUT2D eigenvalue weighted by Crippen LogP contribution is 2.28. The zero-order valence-electron chi connectivity index (χ0n) is 13.0. The van der Waals surface area contributed by atoms with E-state index in [1.165, 1.54) is 11.3 Å². The molecule has 1 aromatic carbocycles. The van der Waals surface area contributed by atoms with E-state index in [-0.39, 0.29) is 6.03 Å². The van der Waals surface area contributed by atoms with Gasteiger partial charge in [0.2, 0.25) is 0 Å². The second kappa shape index (κ2) is 7.58. The number of nitrogens with zero attached hydrogens (tertiary/aromatic N) is 2. The van der Waals surface area contributed by atoms with Crippen LogP contribution in [-0.2, 0) is 4.74 Å². The molecular formula is C15H20N4O3S. The quantitative estimate of drug-likeness (QED) is 0.870. The van der Waals surface area contributed by atoms with E-state index in [0.29, 0.717) is 11.7 Å². The third kappa shape index (κ3) is 4.31. The Labute approximate surface area is 138 Å². The Morgan fingerprint density at radius 2 is 2.26 bits per heavy atom. The number of rotatable bonds is 5. The number of urea groups is 1. The molecule has 1 aliphatic rings. The average molecular weight is 336 g/mol. The monoisotopic (exact) mass is 336 g/mol. The van der Waals surface area contributed by atoms with Crippen LogP contribution < -0.4 is 15.4 Å². The van der Waals surface area contributed by atoms with Crippen molar-refractivity contribution in [2.24, 2.45) is 0 Å². The van der Waals surface area contributed by atoms with E-state index in [4.69, 9.17) is 9.47 Å². The molecule has 2 amide bonds. The molecule has 3 rings (SSSR count). The third-order valence-corrected chi connectivity index (χ3v) is 4.57. The van der Waals surface area contributed by atoms with Crippen molar-refractivity contribution in [2.75, 3.05) is 51.8 Å². The number of hydrogen-bond acceptors (Lipinski definition) is 6. The normalized spacial score (nSPS) is 15.5. The number of amides is 2. The van der Waals surface area contributed by atoms with Gasteiger partial charge < -0.3 is 14.8 Å². The van der Waals surface area contributed by atoms with E-state index in [2.05, 4.69) is 20.5 Å². The van der Waals surface area contributed by atoms with Gasteiger partial charge in [0.05, 0.1) is 30.5 Å². The summed E-state index contributed by atoms with van der Waals surface area (Å²) in [6.45, 7) is 4.80. The smallest absolute Gasteiger partial charge is 0.321 e. The molecule has 23 heavy (non-hydrogen) atoms. The van der Waals surface area contributed by atoms with Crippen molar-refractivity contribution < 1.29 is 14.3 Å². The SMILES string of the molecule is COc1ccc2nc(NC(=O)NCCN3CCOCC3)sc2c1. The lowest BCUT2D eigenvalue weighted by Gasteiger charge is -2.26. The van der Waals surface area contributed by atoms with Gasteiger partial charge in [-0.25, -0.2) is 9.78 Å². The fourth-order valence-corrected chi connectivity index (χ4v) is 3.27. The molecule has 0 radical (unpaired) electrons. The number of aromatic nitrogens is 1. The number of carbonyl (C=O) groups is 1. The van der Waals surface area contributed by atoms with Crippen molar-refractivity contribution in [2.45, 2.75) is 0 Å². The number of ether oxygens (including phenoxy) is 2. The Hall–Kier alpha value is -1.90. The number of hydrogen-bond donors (Lipinski definition) is 2. The van der Waals surface area contributed by atoms with E-state index >= 15 is 0 Å². The van der Waals surface area contributed by atoms with Crippen molar-refractivity contribution in [3.8, 4) is 5.75 Å². The van der Waals surface area contributed by atoms with Crippen molar-refractivity contribution in [1.82, 2.24) is 15.2 Å². The standard InChI is InChI=1S/C15H20N4O3S/c1-21-11-2-3-12-13(10-11)23-15(17-12)18-14(20)16-4-5-19-6-8-22-9-7-19/h2-3,10H,4-9H2,1H3,(H2,16,17,18,20). The zero-order chi connectivity index (χ0) is 16.1. The van der Waals surface area contributed by atoms with Crippen LogP contribution in [0.1, 0.15) is 0 Å². The number of anilines is 1. The summed E-state index contributed by atoms with van der Waals surface area (Å²) in [5.41, 5.74) is 0.847. The van der Waals surface area contributed by atoms with Gasteiger partial charge in [0, 0.05) is 26.2 Å². The minimum Gasteiger partial charge on any atom is -0.497 e. The molecule has 8 heteroatoms. The molecule has 0 unspecified atom stereocenters. The Morgan fingerprint density at radius 3 is 3.04 bits per heavy atom. The first kappa shape index (κ1) is 16.0. The first-order valence-corrected chi connectivity index (χ1v) is 8.36. The van der Waals surface area contributed by atoms with Crippen molar-refractivity contribution >= 4 is 32.7 Å². The lowest BCUT2D eigenvalue weighted by Crippen LogP contribution is -2.42. The molecule has 0 aliphatic carbocycles. The van der Waals surface area contributed by atoms with Crippen molar-refractivity contribution in [3.05, 3.63) is 18.2 Å². The molecule has 0 spiro atoms. The average Bonchev–Trinajstić information content (AvgIpc) is 2.96. The highest BCUT2D eigenvalue weighted by atomic mass is 32.1. The number of benzene rings is 1. The number of carbonyl (C=O) groups excluding carboxylic acids is 1. The Morgan fingerprint density at radius 1 is 1.43 bits per heavy atom. The fraction of sp³-hybridized carbons (Fsp3) is 0.467. The largest absolute Gasteiger partial charge is 0.497 e. The van der Waals surface area contributed by atoms with Gasteiger partial charge >= 0.3 is 6.03 Å². The van der Waals surface area contributed by atoms with E-state index in [1.54, 1.807) is 7.11 Å². The van der Waals surface area contributed by atoms with Gasteiger partial charge in [-0.15, -0.1) is 0 Å². The summed E-state index contributed by atoms with van der Waals surface area (Å²) in [5, 5.41) is 6.22. The predicted molar refractivity (Wildman–Crippen MR) is 90.5 cm³/mol. The Bertz CT molecular complexity index is 670. The minimum atomic E-state index is -0.232. The molecule has 1 aromatic heterocycles. The van der Waals surface area contributed by atoms with Gasteiger partial charge in [0.25, 0.3) is 0 Å². The van der Waals surface area contributed by atoms with Crippen LogP contribution in [0.25, 0.3) is 10.2 Å². The Balaban J connectivity index is 1.49. The summed E-state index contributed by atoms with van der Waals surface area (Å²) in [4.78, 5) is 18.6. The van der Waals surface area contributed by atoms with E-state index in [0.717, 1.165) is 48.8 Å². The van der Waals surface area contributed by atoms with Gasteiger partial charge in [0.1, 0.15) is 5.75 Å². The number of morpholine rings is 1. The molecule has 0 atom stereocenters. The predicted octanol–water partition coefficient (Wildman–Crippen LogP) is 1.76. The number of methoxy groups -OCH3 is 1. The summed E-state index contributed by atoms with van der Waals surface area (Å²) in [6.07, 6.45) is 0. The summed E-state index contributed by atoms with van der Waals surface area (Å²) in [7, 11) is 1.63. The molecule has 7 nitrogen and oxygen atoms in total. The van der Waals surface area contributed by atoms with Crippen LogP contribution in [0.3, 0.4) is 0 Å². The van der Waals surface area contributed by atoms with Gasteiger partial charge in [-0.05, 0) is 18.2 Å². The Kier molecular flexibility index (Phi) is 5.27. The van der Waals surface area contributed by atoms with Gasteiger partial charge in [-0.1, -0.05) is 11.3 Å². The summed E-state index contributed by atoms with van der Waals surface area (Å²) in [5.74, 6) is 0.780. The van der Waals surface area contributed by atoms with Crippen LogP contribution in [0.2, 0.25) is 0 Å². The van der Waals surface area contributed by atoms with Crippen LogP contribution in [0.4, 0.5) is 9.93 Å². The van der Waals surface area contributed by atoms with Gasteiger partial charge in [-0.2, -0.15) is 0 Å². The van der Waals surface area contributed by atoms with E-state index < -0.39 is 0 Å². The fourth-order valence-electron chi connectivity index (χ4n) is 2.38. The zero-order valence-corrected chi connectivity index (χ0v) is 13.8. The molecule has 124 valence electrons. The second-order valence-electron chi connectivity index (χ2n) is 5.19. The van der Waals surface area contributed by atoms with Gasteiger partial charge in [-0.3, -0.25) is 10.2 Å². The first-order valence-electron chi connectivity index (χ1n) is 7.54. The van der Waals surface area contributed by atoms with Crippen LogP contribution in [-0.4, -0.2) is 62.4 Å². The number of thiazole rings is 1. The maximum Gasteiger partial charge on any atom is 0.321 e. The summed E-state index contributed by atoms with van der Waals surface area (Å²) >= 11 is 1.43. The molecule has 2 heterocycles. The van der Waals surface area contributed by atoms with Crippen molar-refractivity contribution in [1.29, 1.82) is 0 Å². The molecule has 2 aromatic rings. The number of fused-ring (bicyclic) bond motifs is 1. The van der Waals surface area contributed by atoms with Crippen LogP contribution >= 0.6 is 11.3 Å². The highest BCUT2D eigenvalue weighted by Gasteiger charge is 2.11. The van der Waals surface area contributed by atoms with E-state index in [9.17, 15) is 4.79 Å². The van der Waals surface area contributed by atoms with Crippen molar-refractivity contribution in [3.63, 3.8) is 0 Å². The topological polar surface area (TPSA) is 75.7 Å². The minimum absolute atomic E-state index is 0.232. The summed E-state index contributed by atoms with van der Waals surface area (Å²) < 4.78 is 11.5. The lowest BCUT2D eigenvalue weighted by molar-refractivity contribution is 0.0388. The molecule has 0 bridgehead atoms. The molecule has 2 N–H and O–H groups in total. The molecule has 1 saturated heterocycles. The maximum atomic E-state index is 11.9. The lowest BCUT2D eigenvalue weighted by atomic mass is 10.3. The van der Waals surface area contributed by atoms with E-state index in [1.807, 2.05) is 18.2 Å². The molecule has 0 saturated carbocycles. The first-order chi connectivity index (χ1) is 11.2. The highest BCUT2D eigenvalue weighted by molar-refractivity contribution is 7.22. The summed E-state index contributed by atoms with van der Waals surface area (Å²) in [6, 6.07) is 5.42. The van der Waals surface area contributed by atoms with Crippen LogP contribution in [0.15, 0.2) is 18.2 Å². The molecule has 1 fully saturated rings. The maximum absolute atomic E-state index is 11.9. The van der Waals surface area contributed by atoms with Gasteiger partial charge in [0.15, 0.2) is 5.13 Å². The molecular weight excluding hydrogens is 316 g/mol. The van der Waals surface area contributed by atoms with Crippen LogP contribution in [0, 0.1) is 0 Å².